The van der Waals surface area contributed by atoms with E-state index in [1.54, 1.807) is 6.07 Å². The Hall–Kier alpha value is -3.43. The van der Waals surface area contributed by atoms with Gasteiger partial charge in [0.2, 0.25) is 5.91 Å². The zero-order chi connectivity index (χ0) is 27.4. The number of rotatable bonds is 4. The molecular formula is C27H32F3N3O4. The molecule has 200 valence electrons. The normalized spacial score (nSPS) is 18.1. The quantitative estimate of drug-likeness (QED) is 0.615. The number of alkyl halides is 3. The summed E-state index contributed by atoms with van der Waals surface area (Å²) < 4.78 is 31.7. The van der Waals surface area contributed by atoms with Crippen LogP contribution in [0.2, 0.25) is 0 Å². The molecule has 2 N–H and O–H groups in total. The predicted octanol–water partition coefficient (Wildman–Crippen LogP) is 4.60. The molecule has 10 heteroatoms. The van der Waals surface area contributed by atoms with Crippen LogP contribution in [-0.2, 0) is 15.0 Å². The molecule has 4 rings (SSSR count). The number of nitrogens with one attached hydrogen (secondary N) is 1. The van der Waals surface area contributed by atoms with E-state index in [4.69, 9.17) is 9.90 Å². The fraction of sp³-hybridized carbons (Fsp3) is 0.481. The molecule has 2 heterocycles. The molecule has 2 aromatic rings. The highest BCUT2D eigenvalue weighted by molar-refractivity contribution is 5.92. The summed E-state index contributed by atoms with van der Waals surface area (Å²) in [4.78, 5) is 40.6. The number of aryl methyl sites for hydroxylation is 1. The first-order valence-corrected chi connectivity index (χ1v) is 12.2. The van der Waals surface area contributed by atoms with Gasteiger partial charge in [-0.2, -0.15) is 13.2 Å². The molecule has 1 unspecified atom stereocenters. The summed E-state index contributed by atoms with van der Waals surface area (Å²) >= 11 is 0. The monoisotopic (exact) mass is 519 g/mol. The molecule has 0 bridgehead atoms. The van der Waals surface area contributed by atoms with Gasteiger partial charge in [0.15, 0.2) is 0 Å². The number of carboxylic acid groups (broad SMARTS) is 1. The van der Waals surface area contributed by atoms with Gasteiger partial charge in [0.25, 0.3) is 5.91 Å². The van der Waals surface area contributed by atoms with Gasteiger partial charge in [-0.05, 0) is 74.6 Å². The molecule has 1 spiro atoms. The van der Waals surface area contributed by atoms with Gasteiger partial charge < -0.3 is 15.3 Å². The number of carbonyl (C=O) groups is 3. The van der Waals surface area contributed by atoms with Crippen molar-refractivity contribution in [2.75, 3.05) is 13.1 Å². The van der Waals surface area contributed by atoms with E-state index < -0.39 is 12.1 Å². The Kier molecular flexibility index (Phi) is 8.60. The number of pyridine rings is 1. The van der Waals surface area contributed by atoms with Crippen molar-refractivity contribution in [3.8, 4) is 0 Å². The Morgan fingerprint density at radius 2 is 1.73 bits per heavy atom. The number of carbonyl (C=O) groups excluding carboxylic acids is 2. The summed E-state index contributed by atoms with van der Waals surface area (Å²) in [5.41, 5.74) is 4.16. The van der Waals surface area contributed by atoms with Crippen molar-refractivity contribution >= 4 is 17.8 Å². The molecule has 37 heavy (non-hydrogen) atoms. The number of carboxylic acids is 1. The second kappa shape index (κ2) is 11.3. The SMILES string of the molecule is Cc1cccc(C(=O)N2CCC3(CC2)CC(CC(=O)NC(C)C)c2ccccc23)n1.O=C(O)C(F)(F)F. The van der Waals surface area contributed by atoms with Crippen LogP contribution in [0.15, 0.2) is 42.5 Å². The summed E-state index contributed by atoms with van der Waals surface area (Å²) in [5, 5.41) is 10.2. The van der Waals surface area contributed by atoms with E-state index in [1.165, 1.54) is 11.1 Å². The molecule has 1 aliphatic heterocycles. The molecule has 2 aliphatic rings. The van der Waals surface area contributed by atoms with Crippen LogP contribution in [0.1, 0.15) is 72.8 Å². The lowest BCUT2D eigenvalue weighted by molar-refractivity contribution is -0.192. The average Bonchev–Trinajstić information content (AvgIpc) is 3.11. The van der Waals surface area contributed by atoms with Crippen molar-refractivity contribution in [2.45, 2.75) is 70.0 Å². The maximum Gasteiger partial charge on any atom is 0.490 e. The molecular weight excluding hydrogens is 487 g/mol. The van der Waals surface area contributed by atoms with Crippen LogP contribution in [0.25, 0.3) is 0 Å². The summed E-state index contributed by atoms with van der Waals surface area (Å²) in [6.45, 7) is 7.37. The van der Waals surface area contributed by atoms with E-state index in [0.29, 0.717) is 12.1 Å². The summed E-state index contributed by atoms with van der Waals surface area (Å²) in [5.74, 6) is -2.36. The van der Waals surface area contributed by atoms with Crippen molar-refractivity contribution in [2.24, 2.45) is 0 Å². The number of halogens is 3. The highest BCUT2D eigenvalue weighted by atomic mass is 19.4. The van der Waals surface area contributed by atoms with Crippen LogP contribution < -0.4 is 5.32 Å². The Bertz CT molecular complexity index is 1140. The van der Waals surface area contributed by atoms with Crippen LogP contribution in [-0.4, -0.2) is 58.1 Å². The molecule has 7 nitrogen and oxygen atoms in total. The minimum atomic E-state index is -5.08. The minimum absolute atomic E-state index is 0.0210. The van der Waals surface area contributed by atoms with E-state index >= 15 is 0 Å². The molecule has 0 radical (unpaired) electrons. The molecule has 0 saturated carbocycles. The number of amides is 2. The Labute approximate surface area is 214 Å². The van der Waals surface area contributed by atoms with Gasteiger partial charge in [0.05, 0.1) is 0 Å². The van der Waals surface area contributed by atoms with E-state index in [9.17, 15) is 22.8 Å². The van der Waals surface area contributed by atoms with Crippen LogP contribution in [0.5, 0.6) is 0 Å². The fourth-order valence-electron chi connectivity index (χ4n) is 5.25. The van der Waals surface area contributed by atoms with E-state index in [0.717, 1.165) is 38.0 Å². The number of hydrogen-bond donors (Lipinski definition) is 2. The first-order chi connectivity index (χ1) is 17.3. The Balaban J connectivity index is 0.000000479. The number of hydrogen-bond acceptors (Lipinski definition) is 4. The third-order valence-electron chi connectivity index (χ3n) is 6.85. The van der Waals surface area contributed by atoms with Gasteiger partial charge >= 0.3 is 12.1 Å². The van der Waals surface area contributed by atoms with Gasteiger partial charge in [-0.25, -0.2) is 9.78 Å². The largest absolute Gasteiger partial charge is 0.490 e. The lowest BCUT2D eigenvalue weighted by Crippen LogP contribution is -2.44. The number of piperidine rings is 1. The van der Waals surface area contributed by atoms with Crippen molar-refractivity contribution in [1.82, 2.24) is 15.2 Å². The average molecular weight is 520 g/mol. The Morgan fingerprint density at radius 3 is 2.30 bits per heavy atom. The highest BCUT2D eigenvalue weighted by Gasteiger charge is 2.46. The lowest BCUT2D eigenvalue weighted by atomic mass is 9.73. The second-order valence-corrected chi connectivity index (χ2v) is 9.95. The Morgan fingerprint density at radius 1 is 1.11 bits per heavy atom. The fourth-order valence-corrected chi connectivity index (χ4v) is 5.25. The number of fused-ring (bicyclic) bond motifs is 2. The molecule has 1 saturated heterocycles. The van der Waals surface area contributed by atoms with Gasteiger partial charge in [-0.1, -0.05) is 30.3 Å². The van der Waals surface area contributed by atoms with Gasteiger partial charge in [-0.3, -0.25) is 9.59 Å². The number of nitrogens with zero attached hydrogens (tertiary/aromatic N) is 2. The van der Waals surface area contributed by atoms with Crippen LogP contribution >= 0.6 is 0 Å². The van der Waals surface area contributed by atoms with Gasteiger partial charge in [0.1, 0.15) is 5.69 Å². The van der Waals surface area contributed by atoms with E-state index in [2.05, 4.69) is 34.6 Å². The van der Waals surface area contributed by atoms with Crippen LogP contribution in [0.4, 0.5) is 13.2 Å². The molecule has 1 fully saturated rings. The highest BCUT2D eigenvalue weighted by Crippen LogP contribution is 2.52. The molecule has 1 aromatic carbocycles. The second-order valence-electron chi connectivity index (χ2n) is 9.95. The third kappa shape index (κ3) is 6.87. The number of aliphatic carboxylic acids is 1. The third-order valence-corrected chi connectivity index (χ3v) is 6.85. The maximum absolute atomic E-state index is 12.9. The topological polar surface area (TPSA) is 99.6 Å². The predicted molar refractivity (Wildman–Crippen MR) is 131 cm³/mol. The maximum atomic E-state index is 12.9. The molecule has 1 aromatic heterocycles. The number of likely N-dealkylation sites (tertiary alicyclic amines) is 1. The van der Waals surface area contributed by atoms with Gasteiger partial charge in [-0.15, -0.1) is 0 Å². The molecule has 2 amide bonds. The number of benzene rings is 1. The first-order valence-electron chi connectivity index (χ1n) is 12.2. The standard InChI is InChI=1S/C25H31N3O2.C2HF3O2/c1-17(2)26-23(29)15-19-16-25(21-9-5-4-8-20(19)21)11-13-28(14-12-25)24(30)22-10-6-7-18(3)27-22;3-2(4,5)1(6)7/h4-10,17,19H,11-16H2,1-3H3,(H,26,29);(H,6,7). The first kappa shape index (κ1) is 28.1. The zero-order valence-corrected chi connectivity index (χ0v) is 21.1. The van der Waals surface area contributed by atoms with Crippen LogP contribution in [0, 0.1) is 6.92 Å². The van der Waals surface area contributed by atoms with E-state index in [1.807, 2.05) is 37.8 Å². The van der Waals surface area contributed by atoms with Gasteiger partial charge in [0, 0.05) is 31.2 Å². The molecule has 1 aliphatic carbocycles. The number of aromatic nitrogens is 1. The summed E-state index contributed by atoms with van der Waals surface area (Å²) in [6.07, 6.45) is -1.69. The van der Waals surface area contributed by atoms with E-state index in [-0.39, 0.29) is 29.2 Å². The summed E-state index contributed by atoms with van der Waals surface area (Å²) in [7, 11) is 0. The van der Waals surface area contributed by atoms with Crippen molar-refractivity contribution in [3.63, 3.8) is 0 Å². The van der Waals surface area contributed by atoms with Crippen LogP contribution in [0.3, 0.4) is 0 Å². The van der Waals surface area contributed by atoms with Crippen molar-refractivity contribution < 1.29 is 32.7 Å². The molecule has 1 atom stereocenters. The van der Waals surface area contributed by atoms with Crippen molar-refractivity contribution in [1.29, 1.82) is 0 Å². The lowest BCUT2D eigenvalue weighted by Gasteiger charge is -2.40. The minimum Gasteiger partial charge on any atom is -0.475 e. The summed E-state index contributed by atoms with van der Waals surface area (Å²) in [6, 6.07) is 14.4. The van der Waals surface area contributed by atoms with Crippen molar-refractivity contribution in [3.05, 3.63) is 65.0 Å². The smallest absolute Gasteiger partial charge is 0.475 e. The zero-order valence-electron chi connectivity index (χ0n) is 21.1.